The first kappa shape index (κ1) is 24.8. The van der Waals surface area contributed by atoms with Crippen molar-refractivity contribution in [3.63, 3.8) is 0 Å². The molecule has 0 radical (unpaired) electrons. The van der Waals surface area contributed by atoms with Crippen LogP contribution in [0.25, 0.3) is 11.4 Å². The fraction of sp³-hybridized carbons (Fsp3) is 0.391. The number of thiophene rings is 1. The fourth-order valence-corrected chi connectivity index (χ4v) is 4.54. The second kappa shape index (κ2) is 11.3. The van der Waals surface area contributed by atoms with Gasteiger partial charge in [0.1, 0.15) is 10.8 Å². The van der Waals surface area contributed by atoms with Crippen molar-refractivity contribution in [2.45, 2.75) is 32.9 Å². The van der Waals surface area contributed by atoms with E-state index in [9.17, 15) is 9.59 Å². The molecule has 8 nitrogen and oxygen atoms in total. The molecule has 0 aliphatic heterocycles. The first-order chi connectivity index (χ1) is 15.8. The van der Waals surface area contributed by atoms with Gasteiger partial charge >= 0.3 is 5.97 Å². The molecule has 0 aliphatic rings. The number of aromatic nitrogens is 3. The highest BCUT2D eigenvalue weighted by Crippen LogP contribution is 2.29. The normalized spacial score (nSPS) is 11.0. The summed E-state index contributed by atoms with van der Waals surface area (Å²) >= 11 is 2.62. The zero-order chi connectivity index (χ0) is 24.0. The molecule has 2 heterocycles. The average molecular weight is 489 g/mol. The van der Waals surface area contributed by atoms with E-state index in [4.69, 9.17) is 9.47 Å². The average Bonchev–Trinajstić information content (AvgIpc) is 3.33. The Balaban J connectivity index is 1.61. The van der Waals surface area contributed by atoms with Crippen LogP contribution >= 0.6 is 23.1 Å². The Morgan fingerprint density at radius 1 is 1.21 bits per heavy atom. The molecule has 0 saturated carbocycles. The van der Waals surface area contributed by atoms with Crippen LogP contribution in [0.4, 0.5) is 5.00 Å². The number of amides is 1. The zero-order valence-corrected chi connectivity index (χ0v) is 21.0. The van der Waals surface area contributed by atoms with Gasteiger partial charge in [0.25, 0.3) is 0 Å². The Labute approximate surface area is 201 Å². The van der Waals surface area contributed by atoms with E-state index in [-0.39, 0.29) is 18.3 Å². The predicted octanol–water partition coefficient (Wildman–Crippen LogP) is 4.79. The third kappa shape index (κ3) is 6.58. The second-order valence-electron chi connectivity index (χ2n) is 7.75. The molecule has 0 bridgehead atoms. The molecule has 1 aromatic carbocycles. The van der Waals surface area contributed by atoms with E-state index in [0.717, 1.165) is 16.2 Å². The molecule has 0 unspecified atom stereocenters. The molecule has 1 N–H and O–H groups in total. The SMILES string of the molecule is CCOC(=O)c1cc(C)sc1NC(=O)CSc1nnc(-c2ccc(OCC(C)C)cc2)n1C. The minimum Gasteiger partial charge on any atom is -0.493 e. The predicted molar refractivity (Wildman–Crippen MR) is 131 cm³/mol. The van der Waals surface area contributed by atoms with E-state index >= 15 is 0 Å². The van der Waals surface area contributed by atoms with Gasteiger partial charge in [0.15, 0.2) is 11.0 Å². The summed E-state index contributed by atoms with van der Waals surface area (Å²) < 4.78 is 12.6. The fourth-order valence-electron chi connectivity index (χ4n) is 2.92. The molecule has 2 aromatic heterocycles. The Hall–Kier alpha value is -2.85. The molecule has 10 heteroatoms. The first-order valence-electron chi connectivity index (χ1n) is 10.6. The molecule has 176 valence electrons. The molecule has 0 saturated heterocycles. The van der Waals surface area contributed by atoms with E-state index in [1.165, 1.54) is 23.1 Å². The van der Waals surface area contributed by atoms with E-state index in [1.807, 2.05) is 42.8 Å². The largest absolute Gasteiger partial charge is 0.493 e. The van der Waals surface area contributed by atoms with Gasteiger partial charge in [0.2, 0.25) is 5.91 Å². The highest BCUT2D eigenvalue weighted by atomic mass is 32.2. The zero-order valence-electron chi connectivity index (χ0n) is 19.4. The van der Waals surface area contributed by atoms with Crippen molar-refractivity contribution in [3.8, 4) is 17.1 Å². The quantitative estimate of drug-likeness (QED) is 0.324. The van der Waals surface area contributed by atoms with Gasteiger partial charge in [-0.3, -0.25) is 4.79 Å². The number of rotatable bonds is 10. The maximum atomic E-state index is 12.5. The number of thioether (sulfide) groups is 1. The van der Waals surface area contributed by atoms with Crippen LogP contribution in [-0.2, 0) is 16.6 Å². The third-order valence-electron chi connectivity index (χ3n) is 4.47. The van der Waals surface area contributed by atoms with E-state index in [1.54, 1.807) is 13.0 Å². The maximum absolute atomic E-state index is 12.5. The minimum absolute atomic E-state index is 0.132. The number of ether oxygens (including phenoxy) is 2. The summed E-state index contributed by atoms with van der Waals surface area (Å²) in [6.45, 7) is 8.78. The summed E-state index contributed by atoms with van der Waals surface area (Å²) in [5.74, 6) is 1.43. The van der Waals surface area contributed by atoms with Gasteiger partial charge in [-0.25, -0.2) is 4.79 Å². The van der Waals surface area contributed by atoms with Crippen LogP contribution < -0.4 is 10.1 Å². The van der Waals surface area contributed by atoms with E-state index in [2.05, 4.69) is 29.4 Å². The van der Waals surface area contributed by atoms with Crippen LogP contribution in [0, 0.1) is 12.8 Å². The smallest absolute Gasteiger partial charge is 0.341 e. The van der Waals surface area contributed by atoms with Crippen molar-refractivity contribution in [1.82, 2.24) is 14.8 Å². The van der Waals surface area contributed by atoms with Gasteiger partial charge in [0, 0.05) is 17.5 Å². The van der Waals surface area contributed by atoms with Gasteiger partial charge in [-0.2, -0.15) is 0 Å². The summed E-state index contributed by atoms with van der Waals surface area (Å²) in [5.41, 5.74) is 1.28. The molecule has 1 amide bonds. The van der Waals surface area contributed by atoms with Crippen molar-refractivity contribution in [1.29, 1.82) is 0 Å². The van der Waals surface area contributed by atoms with Crippen molar-refractivity contribution in [3.05, 3.63) is 40.8 Å². The monoisotopic (exact) mass is 488 g/mol. The standard InChI is InChI=1S/C23H28N4O4S2/c1-6-30-22(29)18-11-15(4)33-21(18)24-19(28)13-32-23-26-25-20(27(23)5)16-7-9-17(10-8-16)31-12-14(2)3/h7-11,14H,6,12-13H2,1-5H3,(H,24,28). The molecule has 3 aromatic rings. The summed E-state index contributed by atoms with van der Waals surface area (Å²) in [5, 5.41) is 12.4. The number of benzene rings is 1. The summed E-state index contributed by atoms with van der Waals surface area (Å²) in [4.78, 5) is 25.5. The number of carbonyl (C=O) groups excluding carboxylic acids is 2. The van der Waals surface area contributed by atoms with Crippen molar-refractivity contribution in [2.24, 2.45) is 13.0 Å². The Morgan fingerprint density at radius 3 is 2.61 bits per heavy atom. The number of esters is 1. The van der Waals surface area contributed by atoms with Gasteiger partial charge in [0.05, 0.1) is 24.5 Å². The molecule has 0 aliphatic carbocycles. The van der Waals surface area contributed by atoms with Gasteiger partial charge in [-0.05, 0) is 50.1 Å². The van der Waals surface area contributed by atoms with Crippen LogP contribution in [0.3, 0.4) is 0 Å². The lowest BCUT2D eigenvalue weighted by atomic mass is 10.2. The topological polar surface area (TPSA) is 95.3 Å². The number of carbonyl (C=O) groups is 2. The Bertz CT molecular complexity index is 1110. The van der Waals surface area contributed by atoms with Crippen molar-refractivity contribution in [2.75, 3.05) is 24.3 Å². The number of anilines is 1. The van der Waals surface area contributed by atoms with Crippen LogP contribution in [0.1, 0.15) is 36.0 Å². The molecular weight excluding hydrogens is 460 g/mol. The summed E-state index contributed by atoms with van der Waals surface area (Å²) in [7, 11) is 1.86. The third-order valence-corrected chi connectivity index (χ3v) is 6.45. The van der Waals surface area contributed by atoms with Crippen LogP contribution in [0.2, 0.25) is 0 Å². The second-order valence-corrected chi connectivity index (χ2v) is 9.95. The molecule has 0 fully saturated rings. The molecule has 0 spiro atoms. The lowest BCUT2D eigenvalue weighted by Crippen LogP contribution is -2.16. The van der Waals surface area contributed by atoms with Gasteiger partial charge in [-0.15, -0.1) is 21.5 Å². The number of hydrogen-bond donors (Lipinski definition) is 1. The van der Waals surface area contributed by atoms with Crippen molar-refractivity contribution < 1.29 is 19.1 Å². The highest BCUT2D eigenvalue weighted by Gasteiger charge is 2.19. The first-order valence-corrected chi connectivity index (χ1v) is 12.4. The minimum atomic E-state index is -0.441. The van der Waals surface area contributed by atoms with Crippen LogP contribution in [-0.4, -0.2) is 45.6 Å². The number of hydrogen-bond acceptors (Lipinski definition) is 8. The van der Waals surface area contributed by atoms with Crippen molar-refractivity contribution >= 4 is 40.0 Å². The van der Waals surface area contributed by atoms with Gasteiger partial charge in [-0.1, -0.05) is 25.6 Å². The lowest BCUT2D eigenvalue weighted by molar-refractivity contribution is -0.113. The molecule has 0 atom stereocenters. The Kier molecular flexibility index (Phi) is 8.51. The van der Waals surface area contributed by atoms with Crippen LogP contribution in [0.5, 0.6) is 5.75 Å². The van der Waals surface area contributed by atoms with Crippen LogP contribution in [0.15, 0.2) is 35.5 Å². The Morgan fingerprint density at radius 2 is 1.94 bits per heavy atom. The number of nitrogens with zero attached hydrogens (tertiary/aromatic N) is 3. The van der Waals surface area contributed by atoms with Gasteiger partial charge < -0.3 is 19.4 Å². The summed E-state index contributed by atoms with van der Waals surface area (Å²) in [6.07, 6.45) is 0. The molecular formula is C23H28N4O4S2. The molecule has 3 rings (SSSR count). The van der Waals surface area contributed by atoms with E-state index < -0.39 is 5.97 Å². The number of nitrogens with one attached hydrogen (secondary N) is 1. The lowest BCUT2D eigenvalue weighted by Gasteiger charge is -2.09. The molecule has 33 heavy (non-hydrogen) atoms. The van der Waals surface area contributed by atoms with E-state index in [0.29, 0.717) is 34.1 Å². The number of aryl methyl sites for hydroxylation is 1. The summed E-state index contributed by atoms with van der Waals surface area (Å²) in [6, 6.07) is 9.43. The highest BCUT2D eigenvalue weighted by molar-refractivity contribution is 7.99. The maximum Gasteiger partial charge on any atom is 0.341 e.